The van der Waals surface area contributed by atoms with Crippen LogP contribution in [0.5, 0.6) is 0 Å². The van der Waals surface area contributed by atoms with Gasteiger partial charge >= 0.3 is 0 Å². The van der Waals surface area contributed by atoms with Crippen molar-refractivity contribution in [3.05, 3.63) is 83.4 Å². The molecule has 0 aliphatic carbocycles. The van der Waals surface area contributed by atoms with Crippen LogP contribution in [0.25, 0.3) is 11.1 Å². The number of aliphatic imine (C=N–C) groups is 1. The van der Waals surface area contributed by atoms with Gasteiger partial charge < -0.3 is 5.32 Å². The quantitative estimate of drug-likeness (QED) is 0.405. The van der Waals surface area contributed by atoms with E-state index in [0.29, 0.717) is 6.54 Å². The van der Waals surface area contributed by atoms with Crippen LogP contribution in [0.2, 0.25) is 0 Å². The first kappa shape index (κ1) is 23.1. The Morgan fingerprint density at radius 2 is 1.82 bits per heavy atom. The molecule has 33 heavy (non-hydrogen) atoms. The van der Waals surface area contributed by atoms with Crippen molar-refractivity contribution in [3.8, 4) is 11.1 Å². The van der Waals surface area contributed by atoms with Crippen LogP contribution < -0.4 is 5.32 Å². The number of anilines is 1. The second kappa shape index (κ2) is 11.2. The second-order valence-electron chi connectivity index (χ2n) is 8.78. The Morgan fingerprint density at radius 3 is 2.55 bits per heavy atom. The first-order valence-corrected chi connectivity index (χ1v) is 11.9. The summed E-state index contributed by atoms with van der Waals surface area (Å²) in [7, 11) is 0. The molecule has 172 valence electrons. The summed E-state index contributed by atoms with van der Waals surface area (Å²) in [4.78, 5) is 11.4. The van der Waals surface area contributed by atoms with Crippen LogP contribution in [0.3, 0.4) is 0 Å². The molecule has 2 heterocycles. The van der Waals surface area contributed by atoms with E-state index in [4.69, 9.17) is 4.99 Å². The first-order chi connectivity index (χ1) is 16.1. The zero-order valence-electron chi connectivity index (χ0n) is 19.6. The van der Waals surface area contributed by atoms with Gasteiger partial charge in [0.2, 0.25) is 0 Å². The molecule has 5 heteroatoms. The van der Waals surface area contributed by atoms with Gasteiger partial charge in [-0.2, -0.15) is 0 Å². The van der Waals surface area contributed by atoms with E-state index in [2.05, 4.69) is 65.4 Å². The number of hydrogen-bond acceptors (Lipinski definition) is 4. The number of rotatable bonds is 9. The maximum absolute atomic E-state index is 13.7. The molecule has 0 spiro atoms. The molecule has 0 amide bonds. The highest BCUT2D eigenvalue weighted by Crippen LogP contribution is 2.23. The smallest absolute Gasteiger partial charge is 0.142 e. The van der Waals surface area contributed by atoms with E-state index in [-0.39, 0.29) is 5.82 Å². The normalized spacial score (nSPS) is 14.6. The van der Waals surface area contributed by atoms with Gasteiger partial charge in [-0.1, -0.05) is 31.2 Å². The van der Waals surface area contributed by atoms with Gasteiger partial charge in [0.05, 0.1) is 18.5 Å². The molecule has 1 fully saturated rings. The lowest BCUT2D eigenvalue weighted by Crippen LogP contribution is -2.18. The van der Waals surface area contributed by atoms with Crippen molar-refractivity contribution in [2.24, 2.45) is 4.99 Å². The molecule has 1 aliphatic heterocycles. The summed E-state index contributed by atoms with van der Waals surface area (Å²) in [5.41, 5.74) is 7.42. The van der Waals surface area contributed by atoms with Gasteiger partial charge in [-0.05, 0) is 80.2 Å². The van der Waals surface area contributed by atoms with E-state index in [0.717, 1.165) is 53.2 Å². The molecule has 1 N–H and O–H groups in total. The van der Waals surface area contributed by atoms with Gasteiger partial charge in [0, 0.05) is 36.1 Å². The Hall–Kier alpha value is -3.05. The lowest BCUT2D eigenvalue weighted by Gasteiger charge is -2.16. The molecule has 0 saturated carbocycles. The summed E-state index contributed by atoms with van der Waals surface area (Å²) in [5.74, 6) is -0.329. The number of likely N-dealkylation sites (tertiary alicyclic amines) is 1. The van der Waals surface area contributed by atoms with Gasteiger partial charge in [0.1, 0.15) is 5.82 Å². The standard InChI is InChI=1S/C28H33FN4/c1-3-12-31-28(19-32-26-10-7-22(8-11-26)20-33-13-4-5-14-33)27-16-23(9-6-21(27)2)24-15-25(29)18-30-17-24/h6-11,15-18,32H,3-5,12-14,19-20H2,1-2H3. The van der Waals surface area contributed by atoms with Crippen LogP contribution in [0.4, 0.5) is 10.1 Å². The van der Waals surface area contributed by atoms with Crippen molar-refractivity contribution < 1.29 is 4.39 Å². The number of aromatic nitrogens is 1. The van der Waals surface area contributed by atoms with E-state index in [1.165, 1.54) is 43.8 Å². The Bertz CT molecular complexity index is 1090. The summed E-state index contributed by atoms with van der Waals surface area (Å²) >= 11 is 0. The van der Waals surface area contributed by atoms with E-state index in [1.54, 1.807) is 6.20 Å². The van der Waals surface area contributed by atoms with Gasteiger partial charge in [-0.3, -0.25) is 14.9 Å². The van der Waals surface area contributed by atoms with Crippen LogP contribution >= 0.6 is 0 Å². The van der Waals surface area contributed by atoms with Crippen molar-refractivity contribution >= 4 is 11.4 Å². The lowest BCUT2D eigenvalue weighted by molar-refractivity contribution is 0.331. The highest BCUT2D eigenvalue weighted by Gasteiger charge is 2.12. The minimum Gasteiger partial charge on any atom is -0.379 e. The monoisotopic (exact) mass is 444 g/mol. The highest BCUT2D eigenvalue weighted by atomic mass is 19.1. The third-order valence-corrected chi connectivity index (χ3v) is 6.13. The predicted molar refractivity (Wildman–Crippen MR) is 136 cm³/mol. The molecule has 0 radical (unpaired) electrons. The van der Waals surface area contributed by atoms with E-state index in [1.807, 2.05) is 6.07 Å². The fourth-order valence-corrected chi connectivity index (χ4v) is 4.28. The third-order valence-electron chi connectivity index (χ3n) is 6.13. The number of pyridine rings is 1. The zero-order valence-corrected chi connectivity index (χ0v) is 19.6. The number of nitrogens with one attached hydrogen (secondary N) is 1. The van der Waals surface area contributed by atoms with Crippen molar-refractivity contribution in [2.45, 2.75) is 39.7 Å². The topological polar surface area (TPSA) is 40.5 Å². The maximum Gasteiger partial charge on any atom is 0.142 e. The van der Waals surface area contributed by atoms with E-state index >= 15 is 0 Å². The number of aryl methyl sites for hydroxylation is 1. The molecule has 1 aliphatic rings. The van der Waals surface area contributed by atoms with Crippen LogP contribution in [0.15, 0.2) is 65.9 Å². The average molecular weight is 445 g/mol. The summed E-state index contributed by atoms with van der Waals surface area (Å²) in [5, 5.41) is 3.55. The largest absolute Gasteiger partial charge is 0.379 e. The van der Waals surface area contributed by atoms with Gasteiger partial charge in [-0.25, -0.2) is 4.39 Å². The fourth-order valence-electron chi connectivity index (χ4n) is 4.28. The van der Waals surface area contributed by atoms with E-state index in [9.17, 15) is 4.39 Å². The molecule has 4 rings (SSSR count). The minimum absolute atomic E-state index is 0.329. The Labute approximate surface area is 196 Å². The lowest BCUT2D eigenvalue weighted by atomic mass is 9.97. The van der Waals surface area contributed by atoms with E-state index < -0.39 is 0 Å². The number of benzene rings is 2. The number of nitrogens with zero attached hydrogens (tertiary/aromatic N) is 3. The van der Waals surface area contributed by atoms with Gasteiger partial charge in [0.25, 0.3) is 0 Å². The summed E-state index contributed by atoms with van der Waals surface area (Å²) in [6.45, 7) is 9.09. The number of hydrogen-bond donors (Lipinski definition) is 1. The van der Waals surface area contributed by atoms with Crippen LogP contribution in [-0.2, 0) is 6.54 Å². The molecule has 4 nitrogen and oxygen atoms in total. The molecule has 1 aromatic heterocycles. The van der Waals surface area contributed by atoms with Crippen LogP contribution in [0.1, 0.15) is 42.9 Å². The molecular weight excluding hydrogens is 411 g/mol. The van der Waals surface area contributed by atoms with Crippen molar-refractivity contribution in [1.82, 2.24) is 9.88 Å². The number of halogens is 1. The molecule has 1 saturated heterocycles. The molecule has 0 bridgehead atoms. The summed E-state index contributed by atoms with van der Waals surface area (Å²) in [6.07, 6.45) is 6.54. The van der Waals surface area contributed by atoms with Crippen LogP contribution in [-0.4, -0.2) is 41.8 Å². The molecule has 0 unspecified atom stereocenters. The minimum atomic E-state index is -0.329. The summed E-state index contributed by atoms with van der Waals surface area (Å²) < 4.78 is 13.7. The molecular formula is C28H33FN4. The maximum atomic E-state index is 13.7. The van der Waals surface area contributed by atoms with Crippen LogP contribution in [0, 0.1) is 12.7 Å². The molecule has 3 aromatic rings. The van der Waals surface area contributed by atoms with Crippen molar-refractivity contribution in [2.75, 3.05) is 31.5 Å². The molecule has 2 aromatic carbocycles. The molecule has 0 atom stereocenters. The fraction of sp³-hybridized carbons (Fsp3) is 0.357. The second-order valence-corrected chi connectivity index (χ2v) is 8.78. The Kier molecular flexibility index (Phi) is 7.84. The SMILES string of the molecule is CCCN=C(CNc1ccc(CN2CCCC2)cc1)c1cc(-c2cncc(F)c2)ccc1C. The Balaban J connectivity index is 1.50. The van der Waals surface area contributed by atoms with Gasteiger partial charge in [0.15, 0.2) is 0 Å². The summed E-state index contributed by atoms with van der Waals surface area (Å²) in [6, 6.07) is 16.4. The third kappa shape index (κ3) is 6.26. The van der Waals surface area contributed by atoms with Crippen molar-refractivity contribution in [3.63, 3.8) is 0 Å². The van der Waals surface area contributed by atoms with Gasteiger partial charge in [-0.15, -0.1) is 0 Å². The highest BCUT2D eigenvalue weighted by molar-refractivity contribution is 6.05. The van der Waals surface area contributed by atoms with Crippen molar-refractivity contribution in [1.29, 1.82) is 0 Å². The predicted octanol–water partition coefficient (Wildman–Crippen LogP) is 6.10. The average Bonchev–Trinajstić information content (AvgIpc) is 3.34. The Morgan fingerprint density at radius 1 is 1.03 bits per heavy atom. The first-order valence-electron chi connectivity index (χ1n) is 11.9. The zero-order chi connectivity index (χ0) is 23.0.